The summed E-state index contributed by atoms with van der Waals surface area (Å²) in [6.07, 6.45) is 4.63. The molecule has 0 radical (unpaired) electrons. The Bertz CT molecular complexity index is 1170. The molecule has 0 unspecified atom stereocenters. The summed E-state index contributed by atoms with van der Waals surface area (Å²) < 4.78 is 31.8. The van der Waals surface area contributed by atoms with Crippen LogP contribution in [-0.4, -0.2) is 23.5 Å². The zero-order chi connectivity index (χ0) is 23.0. The average Bonchev–Trinajstić information content (AvgIpc) is 3.19. The van der Waals surface area contributed by atoms with Crippen LogP contribution in [0.5, 0.6) is 0 Å². The SMILES string of the molecule is Cc1cc(Cn2ccnc2C)ccc1-c1cc(CC(C)C)sc1S(=O)(=O)NC(C)(C)C. The quantitative estimate of drug-likeness (QED) is 0.504. The minimum absolute atomic E-state index is 0.402. The molecule has 31 heavy (non-hydrogen) atoms. The maximum atomic E-state index is 13.3. The number of benzene rings is 1. The molecule has 2 aromatic heterocycles. The molecule has 5 nitrogen and oxygen atoms in total. The molecule has 0 saturated carbocycles. The second kappa shape index (κ2) is 8.88. The van der Waals surface area contributed by atoms with Gasteiger partial charge in [-0.25, -0.2) is 18.1 Å². The summed E-state index contributed by atoms with van der Waals surface area (Å²) in [7, 11) is -3.63. The van der Waals surface area contributed by atoms with E-state index in [4.69, 9.17) is 0 Å². The molecule has 0 fully saturated rings. The van der Waals surface area contributed by atoms with Gasteiger partial charge in [-0.2, -0.15) is 0 Å². The fourth-order valence-electron chi connectivity index (χ4n) is 3.66. The number of aryl methyl sites for hydroxylation is 2. The maximum Gasteiger partial charge on any atom is 0.251 e. The number of thiophene rings is 1. The molecule has 3 rings (SSSR count). The van der Waals surface area contributed by atoms with Gasteiger partial charge in [-0.1, -0.05) is 32.0 Å². The van der Waals surface area contributed by atoms with Gasteiger partial charge in [-0.15, -0.1) is 11.3 Å². The number of hydrogen-bond acceptors (Lipinski definition) is 4. The minimum Gasteiger partial charge on any atom is -0.331 e. The molecule has 7 heteroatoms. The third-order valence-electron chi connectivity index (χ3n) is 4.90. The lowest BCUT2D eigenvalue weighted by Gasteiger charge is -2.20. The first-order valence-corrected chi connectivity index (χ1v) is 12.9. The van der Waals surface area contributed by atoms with Crippen molar-refractivity contribution in [2.24, 2.45) is 5.92 Å². The fraction of sp³-hybridized carbons (Fsp3) is 0.458. The molecular formula is C24H33N3O2S2. The van der Waals surface area contributed by atoms with Crippen molar-refractivity contribution >= 4 is 21.4 Å². The van der Waals surface area contributed by atoms with Crippen molar-refractivity contribution in [3.05, 3.63) is 58.5 Å². The van der Waals surface area contributed by atoms with Crippen molar-refractivity contribution in [2.75, 3.05) is 0 Å². The Labute approximate surface area is 190 Å². The van der Waals surface area contributed by atoms with Gasteiger partial charge in [0.25, 0.3) is 10.0 Å². The molecule has 0 spiro atoms. The zero-order valence-corrected chi connectivity index (χ0v) is 21.1. The van der Waals surface area contributed by atoms with E-state index in [9.17, 15) is 8.42 Å². The second-order valence-corrected chi connectivity index (χ2v) is 12.6. The van der Waals surface area contributed by atoms with Crippen LogP contribution in [0.2, 0.25) is 0 Å². The van der Waals surface area contributed by atoms with Crippen LogP contribution in [0.1, 0.15) is 56.4 Å². The lowest BCUT2D eigenvalue weighted by molar-refractivity contribution is 0.493. The van der Waals surface area contributed by atoms with E-state index < -0.39 is 15.6 Å². The number of imidazole rings is 1. The van der Waals surface area contributed by atoms with Gasteiger partial charge in [0.15, 0.2) is 0 Å². The second-order valence-electron chi connectivity index (χ2n) is 9.62. The predicted octanol–water partition coefficient (Wildman–Crippen LogP) is 5.55. The van der Waals surface area contributed by atoms with E-state index in [-0.39, 0.29) is 0 Å². The fourth-order valence-corrected chi connectivity index (χ4v) is 7.01. The van der Waals surface area contributed by atoms with E-state index in [1.54, 1.807) is 6.20 Å². The van der Waals surface area contributed by atoms with E-state index in [1.807, 2.05) is 46.9 Å². The molecule has 168 valence electrons. The number of nitrogens with one attached hydrogen (secondary N) is 1. The summed E-state index contributed by atoms with van der Waals surface area (Å²) in [5, 5.41) is 0. The Kier molecular flexibility index (Phi) is 6.79. The Morgan fingerprint density at radius 3 is 2.39 bits per heavy atom. The first-order valence-electron chi connectivity index (χ1n) is 10.6. The van der Waals surface area contributed by atoms with Crippen LogP contribution >= 0.6 is 11.3 Å². The van der Waals surface area contributed by atoms with Gasteiger partial charge in [0.2, 0.25) is 0 Å². The summed E-state index contributed by atoms with van der Waals surface area (Å²) in [5.74, 6) is 1.43. The molecular weight excluding hydrogens is 426 g/mol. The summed E-state index contributed by atoms with van der Waals surface area (Å²) >= 11 is 1.39. The van der Waals surface area contributed by atoms with Crippen LogP contribution in [0.4, 0.5) is 0 Å². The number of nitrogens with zero attached hydrogens (tertiary/aromatic N) is 2. The largest absolute Gasteiger partial charge is 0.331 e. The monoisotopic (exact) mass is 459 g/mol. The normalized spacial score (nSPS) is 12.6. The molecule has 0 aliphatic heterocycles. The van der Waals surface area contributed by atoms with Crippen molar-refractivity contribution in [3.8, 4) is 11.1 Å². The van der Waals surface area contributed by atoms with E-state index >= 15 is 0 Å². The van der Waals surface area contributed by atoms with E-state index in [2.05, 4.69) is 46.3 Å². The van der Waals surface area contributed by atoms with Crippen molar-refractivity contribution in [3.63, 3.8) is 0 Å². The van der Waals surface area contributed by atoms with Gasteiger partial charge >= 0.3 is 0 Å². The van der Waals surface area contributed by atoms with Gasteiger partial charge in [0.1, 0.15) is 10.0 Å². The number of aromatic nitrogens is 2. The molecule has 0 aliphatic carbocycles. The molecule has 1 N–H and O–H groups in total. The predicted molar refractivity (Wildman–Crippen MR) is 129 cm³/mol. The number of rotatable bonds is 7. The average molecular weight is 460 g/mol. The Morgan fingerprint density at radius 2 is 1.84 bits per heavy atom. The van der Waals surface area contributed by atoms with Gasteiger partial charge in [-0.05, 0) is 69.7 Å². The van der Waals surface area contributed by atoms with Crippen LogP contribution in [-0.2, 0) is 23.0 Å². The van der Waals surface area contributed by atoms with Crippen molar-refractivity contribution < 1.29 is 8.42 Å². The maximum absolute atomic E-state index is 13.3. The third-order valence-corrected chi connectivity index (χ3v) is 8.35. The van der Waals surface area contributed by atoms with Crippen LogP contribution in [0.15, 0.2) is 40.9 Å². The first kappa shape index (κ1) is 23.7. The topological polar surface area (TPSA) is 64.0 Å². The molecule has 0 saturated heterocycles. The van der Waals surface area contributed by atoms with Crippen LogP contribution < -0.4 is 4.72 Å². The zero-order valence-electron chi connectivity index (χ0n) is 19.5. The van der Waals surface area contributed by atoms with E-state index in [0.29, 0.717) is 10.1 Å². The lowest BCUT2D eigenvalue weighted by atomic mass is 9.99. The highest BCUT2D eigenvalue weighted by Crippen LogP contribution is 2.38. The van der Waals surface area contributed by atoms with Crippen LogP contribution in [0.25, 0.3) is 11.1 Å². The van der Waals surface area contributed by atoms with Gasteiger partial charge in [0, 0.05) is 34.9 Å². The first-order chi connectivity index (χ1) is 14.4. The number of sulfonamides is 1. The summed E-state index contributed by atoms with van der Waals surface area (Å²) in [6.45, 7) is 14.7. The highest BCUT2D eigenvalue weighted by molar-refractivity contribution is 7.91. The molecule has 3 aromatic rings. The minimum atomic E-state index is -3.63. The molecule has 0 amide bonds. The lowest BCUT2D eigenvalue weighted by Crippen LogP contribution is -2.40. The molecule has 2 heterocycles. The van der Waals surface area contributed by atoms with E-state index in [1.165, 1.54) is 11.3 Å². The Morgan fingerprint density at radius 1 is 1.13 bits per heavy atom. The highest BCUT2D eigenvalue weighted by Gasteiger charge is 2.28. The van der Waals surface area contributed by atoms with E-state index in [0.717, 1.165) is 45.9 Å². The molecule has 0 bridgehead atoms. The smallest absolute Gasteiger partial charge is 0.251 e. The summed E-state index contributed by atoms with van der Waals surface area (Å²) in [5.41, 5.74) is 3.44. The summed E-state index contributed by atoms with van der Waals surface area (Å²) in [4.78, 5) is 5.38. The number of hydrogen-bond donors (Lipinski definition) is 1. The van der Waals surface area contributed by atoms with Crippen molar-refractivity contribution in [1.29, 1.82) is 0 Å². The summed E-state index contributed by atoms with van der Waals surface area (Å²) in [6, 6.07) is 8.33. The van der Waals surface area contributed by atoms with Crippen LogP contribution in [0.3, 0.4) is 0 Å². The van der Waals surface area contributed by atoms with Crippen molar-refractivity contribution in [1.82, 2.24) is 14.3 Å². The third kappa shape index (κ3) is 5.84. The molecule has 0 atom stereocenters. The Hall–Kier alpha value is -1.96. The highest BCUT2D eigenvalue weighted by atomic mass is 32.2. The van der Waals surface area contributed by atoms with Gasteiger partial charge < -0.3 is 4.57 Å². The van der Waals surface area contributed by atoms with Gasteiger partial charge in [0.05, 0.1) is 0 Å². The van der Waals surface area contributed by atoms with Crippen molar-refractivity contribution in [2.45, 2.75) is 71.2 Å². The van der Waals surface area contributed by atoms with Crippen LogP contribution in [0, 0.1) is 19.8 Å². The molecule has 1 aromatic carbocycles. The van der Waals surface area contributed by atoms with Gasteiger partial charge in [-0.3, -0.25) is 0 Å². The Balaban J connectivity index is 2.04. The molecule has 0 aliphatic rings. The standard InChI is InChI=1S/C24H33N3O2S2/c1-16(2)12-20-14-22(23(30-20)31(28,29)26-24(5,6)7)21-9-8-19(13-17(21)3)15-27-11-10-25-18(27)4/h8-11,13-14,16,26H,12,15H2,1-7H3.